The number of piperidine rings is 1. The molecule has 0 saturated carbocycles. The van der Waals surface area contributed by atoms with Gasteiger partial charge in [-0.1, -0.05) is 6.92 Å². The Kier molecular flexibility index (Phi) is 3.24. The van der Waals surface area contributed by atoms with Crippen molar-refractivity contribution < 1.29 is 9.21 Å². The molecular weight excluding hydrogens is 216 g/mol. The van der Waals surface area contributed by atoms with Crippen molar-refractivity contribution in [2.45, 2.75) is 38.6 Å². The topological polar surface area (TPSA) is 59.5 Å². The number of likely N-dealkylation sites (tertiary alicyclic amines) is 1. The van der Waals surface area contributed by atoms with Crippen LogP contribution in [0.3, 0.4) is 0 Å². The molecule has 1 amide bonds. The molecule has 1 saturated heterocycles. The van der Waals surface area contributed by atoms with Crippen molar-refractivity contribution in [1.82, 2.24) is 4.90 Å². The molecule has 0 atom stereocenters. The number of furan rings is 1. The van der Waals surface area contributed by atoms with Gasteiger partial charge in [-0.2, -0.15) is 0 Å². The number of amides is 1. The van der Waals surface area contributed by atoms with Crippen molar-refractivity contribution in [3.63, 3.8) is 0 Å². The van der Waals surface area contributed by atoms with Gasteiger partial charge in [-0.25, -0.2) is 0 Å². The van der Waals surface area contributed by atoms with Gasteiger partial charge in [0, 0.05) is 18.6 Å². The van der Waals surface area contributed by atoms with Gasteiger partial charge < -0.3 is 15.1 Å². The van der Waals surface area contributed by atoms with Crippen molar-refractivity contribution in [2.24, 2.45) is 5.73 Å². The maximum absolute atomic E-state index is 12.2. The summed E-state index contributed by atoms with van der Waals surface area (Å²) in [5.74, 6) is 0.0643. The molecule has 2 rings (SSSR count). The minimum Gasteiger partial charge on any atom is -0.471 e. The highest BCUT2D eigenvalue weighted by molar-refractivity contribution is 5.95. The van der Waals surface area contributed by atoms with Gasteiger partial charge in [-0.15, -0.1) is 0 Å². The lowest BCUT2D eigenvalue weighted by Gasteiger charge is -2.38. The lowest BCUT2D eigenvalue weighted by atomic mass is 9.86. The molecule has 4 nitrogen and oxygen atoms in total. The summed E-state index contributed by atoms with van der Waals surface area (Å²) in [6.07, 6.45) is 5.87. The second-order valence-corrected chi connectivity index (χ2v) is 4.98. The minimum atomic E-state index is -0.0811. The molecule has 1 aliphatic heterocycles. The van der Waals surface area contributed by atoms with E-state index in [4.69, 9.17) is 10.2 Å². The van der Waals surface area contributed by atoms with Gasteiger partial charge in [-0.3, -0.25) is 4.79 Å². The summed E-state index contributed by atoms with van der Waals surface area (Å²) in [6, 6.07) is 0. The Hall–Kier alpha value is -1.29. The summed E-state index contributed by atoms with van der Waals surface area (Å²) in [5.41, 5.74) is 7.70. The fourth-order valence-electron chi connectivity index (χ4n) is 2.26. The maximum Gasteiger partial charge on any atom is 0.257 e. The summed E-state index contributed by atoms with van der Waals surface area (Å²) < 4.78 is 5.05. The maximum atomic E-state index is 12.2. The first-order valence-corrected chi connectivity index (χ1v) is 6.17. The number of rotatable bonds is 2. The first-order chi connectivity index (χ1) is 8.06. The van der Waals surface area contributed by atoms with Gasteiger partial charge in [-0.05, 0) is 31.7 Å². The number of nitrogens with two attached hydrogens (primary N) is 1. The summed E-state index contributed by atoms with van der Waals surface area (Å²) in [5, 5.41) is 0. The van der Waals surface area contributed by atoms with Crippen LogP contribution in [-0.4, -0.2) is 29.4 Å². The molecule has 94 valence electrons. The zero-order chi connectivity index (χ0) is 12.5. The Balaban J connectivity index is 2.02. The van der Waals surface area contributed by atoms with Gasteiger partial charge in [0.2, 0.25) is 0 Å². The Morgan fingerprint density at radius 1 is 1.47 bits per heavy atom. The van der Waals surface area contributed by atoms with Gasteiger partial charge >= 0.3 is 0 Å². The highest BCUT2D eigenvalue weighted by Crippen LogP contribution is 2.24. The average molecular weight is 236 g/mol. The molecule has 4 heteroatoms. The standard InChI is InChI=1S/C13H20N2O2/c1-3-13(14)4-6-15(7-5-13)12(16)11-9-17-8-10(11)2/h8-9H,3-7,14H2,1-2H3. The Labute approximate surface area is 102 Å². The van der Waals surface area contributed by atoms with Crippen LogP contribution in [0.4, 0.5) is 0 Å². The quantitative estimate of drug-likeness (QED) is 0.853. The molecule has 2 N–H and O–H groups in total. The van der Waals surface area contributed by atoms with Gasteiger partial charge in [0.25, 0.3) is 5.91 Å². The average Bonchev–Trinajstić information content (AvgIpc) is 2.76. The second-order valence-electron chi connectivity index (χ2n) is 4.98. The predicted molar refractivity (Wildman–Crippen MR) is 65.8 cm³/mol. The first kappa shape index (κ1) is 12.2. The third-order valence-electron chi connectivity index (χ3n) is 3.84. The first-order valence-electron chi connectivity index (χ1n) is 6.17. The van der Waals surface area contributed by atoms with Crippen LogP contribution in [0.5, 0.6) is 0 Å². The van der Waals surface area contributed by atoms with E-state index in [0.29, 0.717) is 5.56 Å². The lowest BCUT2D eigenvalue weighted by Crippen LogP contribution is -2.51. The fourth-order valence-corrected chi connectivity index (χ4v) is 2.26. The molecule has 1 fully saturated rings. The highest BCUT2D eigenvalue weighted by Gasteiger charge is 2.31. The van der Waals surface area contributed by atoms with E-state index in [1.807, 2.05) is 11.8 Å². The number of aryl methyl sites for hydroxylation is 1. The van der Waals surface area contributed by atoms with E-state index in [0.717, 1.165) is 37.9 Å². The predicted octanol–water partition coefficient (Wildman–Crippen LogP) is 1.93. The zero-order valence-electron chi connectivity index (χ0n) is 10.5. The van der Waals surface area contributed by atoms with Crippen LogP contribution in [0.15, 0.2) is 16.9 Å². The third kappa shape index (κ3) is 2.36. The van der Waals surface area contributed by atoms with Gasteiger partial charge in [0.15, 0.2) is 0 Å². The van der Waals surface area contributed by atoms with Crippen molar-refractivity contribution in [1.29, 1.82) is 0 Å². The molecule has 1 aromatic rings. The van der Waals surface area contributed by atoms with E-state index in [1.54, 1.807) is 6.26 Å². The molecule has 0 spiro atoms. The van der Waals surface area contributed by atoms with Crippen LogP contribution >= 0.6 is 0 Å². The summed E-state index contributed by atoms with van der Waals surface area (Å²) >= 11 is 0. The molecule has 0 aliphatic carbocycles. The minimum absolute atomic E-state index is 0.0643. The molecule has 0 unspecified atom stereocenters. The Bertz CT molecular complexity index is 403. The second kappa shape index (κ2) is 4.53. The van der Waals surface area contributed by atoms with Crippen molar-refractivity contribution in [2.75, 3.05) is 13.1 Å². The van der Waals surface area contributed by atoms with E-state index in [9.17, 15) is 4.79 Å². The van der Waals surface area contributed by atoms with Crippen molar-refractivity contribution in [3.05, 3.63) is 23.7 Å². The van der Waals surface area contributed by atoms with Crippen LogP contribution in [0.25, 0.3) is 0 Å². The largest absolute Gasteiger partial charge is 0.471 e. The highest BCUT2D eigenvalue weighted by atomic mass is 16.3. The van der Waals surface area contributed by atoms with E-state index >= 15 is 0 Å². The molecule has 0 radical (unpaired) electrons. The van der Waals surface area contributed by atoms with E-state index < -0.39 is 0 Å². The normalized spacial score (nSPS) is 19.4. The number of carbonyl (C=O) groups is 1. The smallest absolute Gasteiger partial charge is 0.257 e. The summed E-state index contributed by atoms with van der Waals surface area (Å²) in [6.45, 7) is 5.49. The molecule has 1 aliphatic rings. The van der Waals surface area contributed by atoms with Crippen LogP contribution in [0.1, 0.15) is 42.1 Å². The van der Waals surface area contributed by atoms with Crippen LogP contribution in [0, 0.1) is 6.92 Å². The molecule has 0 aromatic carbocycles. The number of nitrogens with zero attached hydrogens (tertiary/aromatic N) is 1. The molecule has 2 heterocycles. The number of carbonyl (C=O) groups excluding carboxylic acids is 1. The molecular formula is C13H20N2O2. The van der Waals surface area contributed by atoms with Crippen LogP contribution in [0.2, 0.25) is 0 Å². The van der Waals surface area contributed by atoms with Crippen molar-refractivity contribution in [3.8, 4) is 0 Å². The molecule has 1 aromatic heterocycles. The third-order valence-corrected chi connectivity index (χ3v) is 3.84. The monoisotopic (exact) mass is 236 g/mol. The number of hydrogen-bond acceptors (Lipinski definition) is 3. The van der Waals surface area contributed by atoms with E-state index in [2.05, 4.69) is 6.92 Å². The summed E-state index contributed by atoms with van der Waals surface area (Å²) in [4.78, 5) is 14.1. The Morgan fingerprint density at radius 2 is 2.12 bits per heavy atom. The molecule has 17 heavy (non-hydrogen) atoms. The van der Waals surface area contributed by atoms with Crippen LogP contribution < -0.4 is 5.73 Å². The molecule has 0 bridgehead atoms. The van der Waals surface area contributed by atoms with Crippen LogP contribution in [-0.2, 0) is 0 Å². The van der Waals surface area contributed by atoms with Crippen molar-refractivity contribution >= 4 is 5.91 Å². The zero-order valence-corrected chi connectivity index (χ0v) is 10.5. The number of hydrogen-bond donors (Lipinski definition) is 1. The SMILES string of the molecule is CCC1(N)CCN(C(=O)c2cocc2C)CC1. The van der Waals surface area contributed by atoms with E-state index in [1.165, 1.54) is 6.26 Å². The van der Waals surface area contributed by atoms with Gasteiger partial charge in [0.05, 0.1) is 11.8 Å². The van der Waals surface area contributed by atoms with Gasteiger partial charge in [0.1, 0.15) is 6.26 Å². The summed E-state index contributed by atoms with van der Waals surface area (Å²) in [7, 11) is 0. The Morgan fingerprint density at radius 3 is 2.59 bits per heavy atom. The lowest BCUT2D eigenvalue weighted by molar-refractivity contribution is 0.0667. The fraction of sp³-hybridized carbons (Fsp3) is 0.615. The van der Waals surface area contributed by atoms with E-state index in [-0.39, 0.29) is 11.4 Å².